The first kappa shape index (κ1) is 21.8. The number of urea groups is 1. The van der Waals surface area contributed by atoms with E-state index < -0.39 is 40.9 Å². The van der Waals surface area contributed by atoms with Crippen LogP contribution in [0.5, 0.6) is 0 Å². The average Bonchev–Trinajstić information content (AvgIpc) is 2.84. The molecule has 2 aliphatic rings. The Morgan fingerprint density at radius 1 is 1.30 bits per heavy atom. The summed E-state index contributed by atoms with van der Waals surface area (Å²) in [5.41, 5.74) is 0. The zero-order valence-corrected chi connectivity index (χ0v) is 18.7. The number of ether oxygens (including phenoxy) is 1. The lowest BCUT2D eigenvalue weighted by Gasteiger charge is -2.37. The number of rotatable bonds is 6. The van der Waals surface area contributed by atoms with Gasteiger partial charge in [0.1, 0.15) is 19.0 Å². The highest BCUT2D eigenvalue weighted by Gasteiger charge is 2.45. The number of nitrogens with zero attached hydrogens (tertiary/aromatic N) is 2. The van der Waals surface area contributed by atoms with Gasteiger partial charge in [-0.25, -0.2) is 14.5 Å². The maximum atomic E-state index is 12.3. The Labute approximate surface area is 161 Å². The summed E-state index contributed by atoms with van der Waals surface area (Å²) in [7, 11) is -3.61. The highest BCUT2D eigenvalue weighted by molar-refractivity contribution is 6.70. The molecule has 2 fully saturated rings. The van der Waals surface area contributed by atoms with E-state index in [9.17, 15) is 14.7 Å². The topological polar surface area (TPSA) is 124 Å². The largest absolute Gasteiger partial charge is 0.465 e. The molecule has 10 nitrogen and oxygen atoms in total. The van der Waals surface area contributed by atoms with E-state index in [0.717, 1.165) is 4.90 Å². The molecule has 0 spiro atoms. The minimum atomic E-state index is -1.86. The second kappa shape index (κ2) is 7.87. The van der Waals surface area contributed by atoms with Gasteiger partial charge in [-0.05, 0) is 39.3 Å². The molecule has 2 heterocycles. The number of nitrogens with one attached hydrogen (secondary N) is 2. The fourth-order valence-electron chi connectivity index (χ4n) is 2.86. The Bertz CT molecular complexity index is 606. The smallest absolute Gasteiger partial charge is 0.415 e. The van der Waals surface area contributed by atoms with E-state index >= 15 is 0 Å². The Morgan fingerprint density at radius 3 is 2.44 bits per heavy atom. The number of carbonyl (C=O) groups excluding carboxylic acids is 1. The van der Waals surface area contributed by atoms with Crippen molar-refractivity contribution in [2.45, 2.75) is 64.1 Å². The molecule has 2 saturated heterocycles. The standard InChI is InChI=1S/C15H30N4O6Si2/c1-26(2,3)23-8-11-10(25-27(4,5)6)7-12(24-11)18-9-19(15(21)22)13(16)17-14(18)20/h10-12H,7-9H2,1-6H3,(H,21,22)(H2,16,17,20). The van der Waals surface area contributed by atoms with Gasteiger partial charge in [0.2, 0.25) is 5.96 Å². The van der Waals surface area contributed by atoms with Crippen molar-refractivity contribution in [3.8, 4) is 0 Å². The molecule has 0 bridgehead atoms. The molecule has 3 unspecified atom stereocenters. The fraction of sp³-hybridized carbons (Fsp3) is 0.800. The van der Waals surface area contributed by atoms with Crippen molar-refractivity contribution < 1.29 is 28.3 Å². The molecule has 2 aliphatic heterocycles. The molecular formula is C15H30N4O6Si2. The number of amides is 3. The van der Waals surface area contributed by atoms with Crippen LogP contribution in [0.2, 0.25) is 39.3 Å². The molecule has 12 heteroatoms. The Morgan fingerprint density at radius 2 is 1.93 bits per heavy atom. The van der Waals surface area contributed by atoms with Gasteiger partial charge in [-0.1, -0.05) is 0 Å². The molecule has 0 aliphatic carbocycles. The molecule has 0 aromatic carbocycles. The maximum absolute atomic E-state index is 12.3. The summed E-state index contributed by atoms with van der Waals surface area (Å²) in [5, 5.41) is 19.1. The number of carbonyl (C=O) groups is 2. The summed E-state index contributed by atoms with van der Waals surface area (Å²) in [6.45, 7) is 12.6. The third-order valence-electron chi connectivity index (χ3n) is 3.99. The quantitative estimate of drug-likeness (QED) is 0.567. The molecule has 27 heavy (non-hydrogen) atoms. The Hall–Kier alpha value is -1.48. The number of carboxylic acid groups (broad SMARTS) is 1. The molecule has 0 aromatic heterocycles. The third kappa shape index (κ3) is 6.00. The van der Waals surface area contributed by atoms with Crippen LogP contribution in [0.25, 0.3) is 0 Å². The summed E-state index contributed by atoms with van der Waals surface area (Å²) in [4.78, 5) is 25.6. The van der Waals surface area contributed by atoms with E-state index in [4.69, 9.17) is 19.0 Å². The first-order valence-corrected chi connectivity index (χ1v) is 15.7. The van der Waals surface area contributed by atoms with Crippen molar-refractivity contribution in [3.63, 3.8) is 0 Å². The van der Waals surface area contributed by atoms with E-state index in [2.05, 4.69) is 44.6 Å². The van der Waals surface area contributed by atoms with Crippen LogP contribution in [0.1, 0.15) is 6.42 Å². The number of hydrogen-bond donors (Lipinski definition) is 3. The lowest BCUT2D eigenvalue weighted by molar-refractivity contribution is -0.0678. The molecule has 3 atom stereocenters. The summed E-state index contributed by atoms with van der Waals surface area (Å²) in [6.07, 6.45) is -2.09. The summed E-state index contributed by atoms with van der Waals surface area (Å²) in [5.74, 6) is -0.463. The van der Waals surface area contributed by atoms with Crippen LogP contribution < -0.4 is 5.32 Å². The van der Waals surface area contributed by atoms with E-state index in [-0.39, 0.29) is 18.9 Å². The summed E-state index contributed by atoms with van der Waals surface area (Å²) >= 11 is 0. The van der Waals surface area contributed by atoms with Crippen LogP contribution in [0.15, 0.2) is 0 Å². The molecule has 3 amide bonds. The van der Waals surface area contributed by atoms with Gasteiger partial charge in [-0.3, -0.25) is 15.6 Å². The highest BCUT2D eigenvalue weighted by Crippen LogP contribution is 2.30. The maximum Gasteiger partial charge on any atom is 0.415 e. The molecule has 154 valence electrons. The minimum absolute atomic E-state index is 0.231. The summed E-state index contributed by atoms with van der Waals surface area (Å²) < 4.78 is 18.3. The zero-order chi connectivity index (χ0) is 20.6. The fourth-order valence-corrected chi connectivity index (χ4v) is 4.68. The van der Waals surface area contributed by atoms with Crippen molar-refractivity contribution in [2.24, 2.45) is 0 Å². The zero-order valence-electron chi connectivity index (χ0n) is 16.7. The number of hydrogen-bond acceptors (Lipinski definition) is 6. The van der Waals surface area contributed by atoms with Crippen molar-refractivity contribution in [3.05, 3.63) is 0 Å². The number of guanidine groups is 1. The normalized spacial score (nSPS) is 27.1. The second-order valence-electron chi connectivity index (χ2n) is 8.66. The predicted octanol–water partition coefficient (Wildman–Crippen LogP) is 2.07. The van der Waals surface area contributed by atoms with Crippen LogP contribution in [0, 0.1) is 5.41 Å². The molecule has 0 radical (unpaired) electrons. The first-order chi connectivity index (χ1) is 12.3. The van der Waals surface area contributed by atoms with E-state index in [1.165, 1.54) is 4.90 Å². The molecule has 3 N–H and O–H groups in total. The molecule has 2 rings (SSSR count). The van der Waals surface area contributed by atoms with Gasteiger partial charge < -0.3 is 18.7 Å². The van der Waals surface area contributed by atoms with Crippen molar-refractivity contribution in [2.75, 3.05) is 13.3 Å². The van der Waals surface area contributed by atoms with Crippen LogP contribution >= 0.6 is 0 Å². The molecule has 0 saturated carbocycles. The second-order valence-corrected chi connectivity index (χ2v) is 17.6. The van der Waals surface area contributed by atoms with Crippen LogP contribution in [-0.4, -0.2) is 81.3 Å². The van der Waals surface area contributed by atoms with Crippen LogP contribution in [0.4, 0.5) is 9.59 Å². The molecule has 0 aromatic rings. The van der Waals surface area contributed by atoms with Gasteiger partial charge in [0.05, 0.1) is 12.7 Å². The monoisotopic (exact) mass is 418 g/mol. The van der Waals surface area contributed by atoms with E-state index in [1.807, 2.05) is 0 Å². The first-order valence-electron chi connectivity index (χ1n) is 8.91. The SMILES string of the molecule is C[Si](C)(C)OCC1OC(N2CN(C(=O)O)C(=N)NC2=O)CC1O[Si](C)(C)C. The van der Waals surface area contributed by atoms with Gasteiger partial charge in [0.25, 0.3) is 0 Å². The van der Waals surface area contributed by atoms with Gasteiger partial charge in [0, 0.05) is 6.42 Å². The third-order valence-corrected chi connectivity index (χ3v) is 6.04. The lowest BCUT2D eigenvalue weighted by atomic mass is 10.2. The van der Waals surface area contributed by atoms with Gasteiger partial charge in [0.15, 0.2) is 16.6 Å². The minimum Gasteiger partial charge on any atom is -0.465 e. The van der Waals surface area contributed by atoms with Crippen molar-refractivity contribution in [1.82, 2.24) is 15.1 Å². The van der Waals surface area contributed by atoms with E-state index in [0.29, 0.717) is 13.0 Å². The lowest BCUT2D eigenvalue weighted by Crippen LogP contribution is -2.63. The van der Waals surface area contributed by atoms with Gasteiger partial charge in [-0.2, -0.15) is 0 Å². The highest BCUT2D eigenvalue weighted by atomic mass is 28.4. The van der Waals surface area contributed by atoms with E-state index in [1.54, 1.807) is 0 Å². The molecular weight excluding hydrogens is 388 g/mol. The van der Waals surface area contributed by atoms with Gasteiger partial charge in [-0.15, -0.1) is 0 Å². The van der Waals surface area contributed by atoms with Gasteiger partial charge >= 0.3 is 12.1 Å². The van der Waals surface area contributed by atoms with Crippen LogP contribution in [0.3, 0.4) is 0 Å². The Kier molecular flexibility index (Phi) is 6.36. The van der Waals surface area contributed by atoms with Crippen molar-refractivity contribution in [1.29, 1.82) is 5.41 Å². The Balaban J connectivity index is 2.13. The average molecular weight is 419 g/mol. The summed E-state index contributed by atoms with van der Waals surface area (Å²) in [6, 6.07) is -0.555. The predicted molar refractivity (Wildman–Crippen MR) is 104 cm³/mol. The van der Waals surface area contributed by atoms with Crippen LogP contribution in [-0.2, 0) is 13.6 Å². The van der Waals surface area contributed by atoms with Crippen molar-refractivity contribution >= 4 is 34.7 Å².